The van der Waals surface area contributed by atoms with E-state index in [4.69, 9.17) is 5.11 Å². The van der Waals surface area contributed by atoms with Gasteiger partial charge >= 0.3 is 12.0 Å². The molecule has 1 rings (SSSR count). The summed E-state index contributed by atoms with van der Waals surface area (Å²) >= 11 is 0. The van der Waals surface area contributed by atoms with Crippen molar-refractivity contribution in [1.82, 2.24) is 20.0 Å². The average Bonchev–Trinajstić information content (AvgIpc) is 2.71. The lowest BCUT2D eigenvalue weighted by molar-refractivity contribution is -0.137. The summed E-state index contributed by atoms with van der Waals surface area (Å²) in [6.45, 7) is 4.72. The minimum absolute atomic E-state index is 0.288. The van der Waals surface area contributed by atoms with E-state index in [2.05, 4.69) is 10.4 Å². The maximum atomic E-state index is 11.6. The second kappa shape index (κ2) is 6.63. The summed E-state index contributed by atoms with van der Waals surface area (Å²) in [6.07, 6.45) is 3.62. The third-order valence-corrected chi connectivity index (χ3v) is 2.37. The second-order valence-corrected chi connectivity index (χ2v) is 3.92. The Labute approximate surface area is 105 Å². The first kappa shape index (κ1) is 14.0. The third-order valence-electron chi connectivity index (χ3n) is 2.37. The molecule has 0 fully saturated rings. The zero-order chi connectivity index (χ0) is 13.5. The number of likely N-dealkylation sites (N-methyl/N-ethyl adjacent to an activating group) is 1. The number of rotatable bonds is 6. The largest absolute Gasteiger partial charge is 0.480 e. The first-order valence-corrected chi connectivity index (χ1v) is 5.76. The molecule has 0 aliphatic carbocycles. The predicted molar refractivity (Wildman–Crippen MR) is 65.2 cm³/mol. The molecule has 0 atom stereocenters. The molecule has 0 radical (unpaired) electrons. The molecule has 0 aromatic carbocycles. The number of hydrogen-bond acceptors (Lipinski definition) is 3. The molecule has 0 unspecified atom stereocenters. The number of aromatic nitrogens is 2. The highest BCUT2D eigenvalue weighted by molar-refractivity contribution is 5.79. The van der Waals surface area contributed by atoms with Crippen LogP contribution in [0.25, 0.3) is 0 Å². The molecule has 2 amide bonds. The standard InChI is InChI=1S/C11H18N4O3/c1-3-14(8-10(16)17)11(18)12-4-5-15-7-9(2)6-13-15/h6-7H,3-5,8H2,1-2H3,(H,12,18)(H,16,17). The van der Waals surface area contributed by atoms with Crippen molar-refractivity contribution in [2.45, 2.75) is 20.4 Å². The minimum Gasteiger partial charge on any atom is -0.480 e. The monoisotopic (exact) mass is 254 g/mol. The molecule has 7 nitrogen and oxygen atoms in total. The molecule has 1 aromatic heterocycles. The van der Waals surface area contributed by atoms with Crippen LogP contribution in [0.3, 0.4) is 0 Å². The Morgan fingerprint density at radius 3 is 2.78 bits per heavy atom. The Morgan fingerprint density at radius 1 is 1.56 bits per heavy atom. The van der Waals surface area contributed by atoms with Crippen molar-refractivity contribution < 1.29 is 14.7 Å². The van der Waals surface area contributed by atoms with E-state index in [1.54, 1.807) is 17.8 Å². The Kier molecular flexibility index (Phi) is 5.16. The highest BCUT2D eigenvalue weighted by atomic mass is 16.4. The fourth-order valence-electron chi connectivity index (χ4n) is 1.47. The van der Waals surface area contributed by atoms with Crippen molar-refractivity contribution in [3.05, 3.63) is 18.0 Å². The minimum atomic E-state index is -1.02. The number of aliphatic carboxylic acids is 1. The van der Waals surface area contributed by atoms with Crippen LogP contribution < -0.4 is 5.32 Å². The second-order valence-electron chi connectivity index (χ2n) is 3.92. The molecular weight excluding hydrogens is 236 g/mol. The summed E-state index contributed by atoms with van der Waals surface area (Å²) in [5.41, 5.74) is 1.06. The summed E-state index contributed by atoms with van der Waals surface area (Å²) in [5.74, 6) is -1.02. The number of hydrogen-bond donors (Lipinski definition) is 2. The molecule has 0 aliphatic heterocycles. The van der Waals surface area contributed by atoms with Gasteiger partial charge in [-0.3, -0.25) is 9.48 Å². The smallest absolute Gasteiger partial charge is 0.323 e. The van der Waals surface area contributed by atoms with Gasteiger partial charge in [0, 0.05) is 19.3 Å². The van der Waals surface area contributed by atoms with E-state index < -0.39 is 5.97 Å². The lowest BCUT2D eigenvalue weighted by Gasteiger charge is -2.19. The molecule has 0 spiro atoms. The van der Waals surface area contributed by atoms with Crippen LogP contribution in [0.1, 0.15) is 12.5 Å². The molecule has 0 saturated heterocycles. The van der Waals surface area contributed by atoms with Crippen LogP contribution in [0.2, 0.25) is 0 Å². The summed E-state index contributed by atoms with van der Waals surface area (Å²) in [6, 6.07) is -0.372. The van der Waals surface area contributed by atoms with E-state index in [0.717, 1.165) is 5.56 Å². The van der Waals surface area contributed by atoms with Crippen LogP contribution in [-0.2, 0) is 11.3 Å². The molecule has 1 heterocycles. The lowest BCUT2D eigenvalue weighted by atomic mass is 10.4. The fraction of sp³-hybridized carbons (Fsp3) is 0.545. The van der Waals surface area contributed by atoms with Crippen molar-refractivity contribution in [3.63, 3.8) is 0 Å². The maximum absolute atomic E-state index is 11.6. The highest BCUT2D eigenvalue weighted by Crippen LogP contribution is 1.93. The van der Waals surface area contributed by atoms with Crippen LogP contribution >= 0.6 is 0 Å². The first-order valence-electron chi connectivity index (χ1n) is 5.76. The van der Waals surface area contributed by atoms with E-state index in [0.29, 0.717) is 19.6 Å². The number of nitrogens with one attached hydrogen (secondary N) is 1. The predicted octanol–water partition coefficient (Wildman–Crippen LogP) is 0.308. The average molecular weight is 254 g/mol. The quantitative estimate of drug-likeness (QED) is 0.764. The molecule has 2 N–H and O–H groups in total. The Balaban J connectivity index is 2.33. The van der Waals surface area contributed by atoms with Crippen molar-refractivity contribution in [3.8, 4) is 0 Å². The van der Waals surface area contributed by atoms with Gasteiger partial charge in [0.1, 0.15) is 6.54 Å². The van der Waals surface area contributed by atoms with E-state index in [1.165, 1.54) is 4.90 Å². The van der Waals surface area contributed by atoms with E-state index >= 15 is 0 Å². The van der Waals surface area contributed by atoms with Gasteiger partial charge in [-0.2, -0.15) is 5.10 Å². The van der Waals surface area contributed by atoms with Gasteiger partial charge in [-0.1, -0.05) is 0 Å². The highest BCUT2D eigenvalue weighted by Gasteiger charge is 2.13. The summed E-state index contributed by atoms with van der Waals surface area (Å²) < 4.78 is 1.73. The van der Waals surface area contributed by atoms with Gasteiger partial charge in [0.2, 0.25) is 0 Å². The van der Waals surface area contributed by atoms with Gasteiger partial charge in [-0.15, -0.1) is 0 Å². The third kappa shape index (κ3) is 4.44. The molecule has 7 heteroatoms. The number of amides is 2. The number of carbonyl (C=O) groups is 2. The summed E-state index contributed by atoms with van der Waals surface area (Å²) in [4.78, 5) is 23.4. The number of carboxylic acid groups (broad SMARTS) is 1. The van der Waals surface area contributed by atoms with Crippen molar-refractivity contribution in [2.75, 3.05) is 19.6 Å². The van der Waals surface area contributed by atoms with Crippen LogP contribution in [0, 0.1) is 6.92 Å². The molecule has 100 valence electrons. The normalized spacial score (nSPS) is 10.1. The van der Waals surface area contributed by atoms with Gasteiger partial charge < -0.3 is 15.3 Å². The molecule has 1 aromatic rings. The Hall–Kier alpha value is -2.05. The number of carbonyl (C=O) groups excluding carboxylic acids is 1. The molecule has 0 aliphatic rings. The zero-order valence-corrected chi connectivity index (χ0v) is 10.6. The van der Waals surface area contributed by atoms with Gasteiger partial charge in [0.25, 0.3) is 0 Å². The van der Waals surface area contributed by atoms with Gasteiger partial charge in [-0.25, -0.2) is 4.79 Å². The van der Waals surface area contributed by atoms with E-state index in [9.17, 15) is 9.59 Å². The summed E-state index contributed by atoms with van der Waals surface area (Å²) in [7, 11) is 0. The van der Waals surface area contributed by atoms with Crippen molar-refractivity contribution in [1.29, 1.82) is 0 Å². The van der Waals surface area contributed by atoms with Crippen LogP contribution in [-0.4, -0.2) is 51.4 Å². The topological polar surface area (TPSA) is 87.5 Å². The van der Waals surface area contributed by atoms with Crippen LogP contribution in [0.5, 0.6) is 0 Å². The van der Waals surface area contributed by atoms with E-state index in [1.807, 2.05) is 13.1 Å². The molecular formula is C11H18N4O3. The molecule has 18 heavy (non-hydrogen) atoms. The SMILES string of the molecule is CCN(CC(=O)O)C(=O)NCCn1cc(C)cn1. The Morgan fingerprint density at radius 2 is 2.28 bits per heavy atom. The number of aryl methyl sites for hydroxylation is 1. The number of carboxylic acids is 1. The van der Waals surface area contributed by atoms with Gasteiger partial charge in [-0.05, 0) is 19.4 Å². The first-order chi connectivity index (χ1) is 8.52. The maximum Gasteiger partial charge on any atom is 0.323 e. The Bertz CT molecular complexity index is 416. The van der Waals surface area contributed by atoms with Gasteiger partial charge in [0.05, 0.1) is 12.7 Å². The zero-order valence-electron chi connectivity index (χ0n) is 10.6. The van der Waals surface area contributed by atoms with Crippen molar-refractivity contribution in [2.24, 2.45) is 0 Å². The number of nitrogens with zero attached hydrogens (tertiary/aromatic N) is 3. The lowest BCUT2D eigenvalue weighted by Crippen LogP contribution is -2.43. The summed E-state index contributed by atoms with van der Waals surface area (Å²) in [5, 5.41) is 15.4. The van der Waals surface area contributed by atoms with Crippen LogP contribution in [0.15, 0.2) is 12.4 Å². The molecule has 0 bridgehead atoms. The van der Waals surface area contributed by atoms with Gasteiger partial charge in [0.15, 0.2) is 0 Å². The van der Waals surface area contributed by atoms with Crippen LogP contribution in [0.4, 0.5) is 4.79 Å². The number of urea groups is 1. The fourth-order valence-corrected chi connectivity index (χ4v) is 1.47. The van der Waals surface area contributed by atoms with Crippen molar-refractivity contribution >= 4 is 12.0 Å². The molecule has 0 saturated carbocycles. The van der Waals surface area contributed by atoms with E-state index in [-0.39, 0.29) is 12.6 Å².